The lowest BCUT2D eigenvalue weighted by atomic mass is 10.2. The summed E-state index contributed by atoms with van der Waals surface area (Å²) in [6, 6.07) is 4.17. The minimum Gasteiger partial charge on any atom is -0.339 e. The molecule has 0 saturated carbocycles. The molecule has 1 aromatic heterocycles. The number of carbonyl (C=O) groups is 1. The second kappa shape index (κ2) is 5.62. The van der Waals surface area contributed by atoms with Crippen LogP contribution in [0.25, 0.3) is 0 Å². The fourth-order valence-electron chi connectivity index (χ4n) is 2.12. The van der Waals surface area contributed by atoms with Crippen molar-refractivity contribution in [3.63, 3.8) is 0 Å². The van der Waals surface area contributed by atoms with Crippen LogP contribution < -0.4 is 5.32 Å². The number of carbonyl (C=O) groups excluding carboxylic acids is 1. The summed E-state index contributed by atoms with van der Waals surface area (Å²) in [6.45, 7) is 3.85. The van der Waals surface area contributed by atoms with Crippen LogP contribution in [0.5, 0.6) is 0 Å². The fourth-order valence-corrected chi connectivity index (χ4v) is 2.83. The molecule has 2 rings (SSSR count). The number of rotatable bonds is 3. The van der Waals surface area contributed by atoms with E-state index in [-0.39, 0.29) is 5.91 Å². The monoisotopic (exact) mass is 253 g/mol. The smallest absolute Gasteiger partial charge is 0.263 e. The number of likely N-dealkylation sites (N-methyl/N-ethyl adjacent to an activating group) is 2. The zero-order valence-electron chi connectivity index (χ0n) is 10.3. The van der Waals surface area contributed by atoms with Gasteiger partial charge in [-0.3, -0.25) is 4.79 Å². The van der Waals surface area contributed by atoms with Gasteiger partial charge in [0.1, 0.15) is 0 Å². The van der Waals surface area contributed by atoms with Crippen molar-refractivity contribution >= 4 is 17.2 Å². The summed E-state index contributed by atoms with van der Waals surface area (Å²) in [4.78, 5) is 17.0. The van der Waals surface area contributed by atoms with Gasteiger partial charge in [0.15, 0.2) is 0 Å². The lowest BCUT2D eigenvalue weighted by Gasteiger charge is -2.33. The molecule has 0 spiro atoms. The van der Waals surface area contributed by atoms with Crippen molar-refractivity contribution < 1.29 is 4.79 Å². The zero-order valence-corrected chi connectivity index (χ0v) is 11.2. The highest BCUT2D eigenvalue weighted by Crippen LogP contribution is 2.11. The number of hydrogen-bond donors (Lipinski definition) is 1. The summed E-state index contributed by atoms with van der Waals surface area (Å²) in [5.41, 5.74) is 0. The van der Waals surface area contributed by atoms with Crippen LogP contribution in [-0.4, -0.2) is 62.0 Å². The first kappa shape index (κ1) is 12.5. The van der Waals surface area contributed by atoms with Crippen molar-refractivity contribution in [2.75, 3.05) is 40.3 Å². The van der Waals surface area contributed by atoms with Crippen molar-refractivity contribution in [3.05, 3.63) is 22.4 Å². The van der Waals surface area contributed by atoms with E-state index in [1.807, 2.05) is 29.5 Å². The summed E-state index contributed by atoms with van der Waals surface area (Å²) >= 11 is 1.50. The second-order valence-electron chi connectivity index (χ2n) is 4.58. The van der Waals surface area contributed by atoms with Crippen LogP contribution in [0.3, 0.4) is 0 Å². The second-order valence-corrected chi connectivity index (χ2v) is 5.52. The highest BCUT2D eigenvalue weighted by molar-refractivity contribution is 7.12. The molecule has 0 bridgehead atoms. The Morgan fingerprint density at radius 3 is 3.18 bits per heavy atom. The Kier molecular flexibility index (Phi) is 4.15. The van der Waals surface area contributed by atoms with Gasteiger partial charge in [-0.2, -0.15) is 0 Å². The largest absolute Gasteiger partial charge is 0.339 e. The number of hydrogen-bond acceptors (Lipinski definition) is 4. The van der Waals surface area contributed by atoms with Crippen molar-refractivity contribution in [2.45, 2.75) is 6.04 Å². The summed E-state index contributed by atoms with van der Waals surface area (Å²) in [5.74, 6) is 0.120. The molecule has 1 aliphatic rings. The van der Waals surface area contributed by atoms with Gasteiger partial charge in [0.2, 0.25) is 0 Å². The number of amides is 1. The van der Waals surface area contributed by atoms with Gasteiger partial charge in [0, 0.05) is 39.3 Å². The molecular formula is C12H19N3OS. The van der Waals surface area contributed by atoms with Crippen molar-refractivity contribution in [3.8, 4) is 0 Å². The van der Waals surface area contributed by atoms with Gasteiger partial charge in [-0.15, -0.1) is 11.3 Å². The Balaban J connectivity index is 1.88. The van der Waals surface area contributed by atoms with E-state index in [0.717, 1.165) is 31.1 Å². The molecule has 4 nitrogen and oxygen atoms in total. The van der Waals surface area contributed by atoms with Crippen molar-refractivity contribution in [1.82, 2.24) is 15.1 Å². The van der Waals surface area contributed by atoms with Crippen LogP contribution in [0.15, 0.2) is 17.5 Å². The van der Waals surface area contributed by atoms with Crippen LogP contribution in [0.1, 0.15) is 9.67 Å². The lowest BCUT2D eigenvalue weighted by molar-refractivity contribution is 0.0768. The van der Waals surface area contributed by atoms with E-state index < -0.39 is 0 Å². The molecule has 1 aromatic rings. The normalized spacial score (nSPS) is 21.4. The average molecular weight is 253 g/mol. The van der Waals surface area contributed by atoms with Gasteiger partial charge in [-0.1, -0.05) is 6.07 Å². The van der Waals surface area contributed by atoms with E-state index in [1.54, 1.807) is 0 Å². The molecule has 0 aromatic carbocycles. The Bertz CT molecular complexity index is 366. The highest BCUT2D eigenvalue weighted by Gasteiger charge is 2.21. The molecule has 1 aliphatic heterocycles. The van der Waals surface area contributed by atoms with E-state index in [4.69, 9.17) is 0 Å². The molecule has 1 saturated heterocycles. The first-order valence-corrected chi connectivity index (χ1v) is 6.75. The predicted molar refractivity (Wildman–Crippen MR) is 70.6 cm³/mol. The van der Waals surface area contributed by atoms with Gasteiger partial charge in [-0.25, -0.2) is 0 Å². The first-order chi connectivity index (χ1) is 8.16. The molecule has 5 heteroatoms. The van der Waals surface area contributed by atoms with E-state index in [0.29, 0.717) is 6.04 Å². The van der Waals surface area contributed by atoms with Gasteiger partial charge >= 0.3 is 0 Å². The molecule has 17 heavy (non-hydrogen) atoms. The third-order valence-corrected chi connectivity index (χ3v) is 3.89. The van der Waals surface area contributed by atoms with Crippen molar-refractivity contribution in [1.29, 1.82) is 0 Å². The van der Waals surface area contributed by atoms with Gasteiger partial charge < -0.3 is 15.1 Å². The molecule has 0 aliphatic carbocycles. The molecule has 1 fully saturated rings. The maximum Gasteiger partial charge on any atom is 0.263 e. The standard InChI is InChI=1S/C12H19N3OS/c1-14-6-5-13-10(8-14)9-15(2)12(16)11-4-3-7-17-11/h3-4,7,10,13H,5-6,8-9H2,1-2H3. The van der Waals surface area contributed by atoms with Crippen LogP contribution in [0.2, 0.25) is 0 Å². The molecule has 1 amide bonds. The molecule has 94 valence electrons. The van der Waals surface area contributed by atoms with Gasteiger partial charge in [-0.05, 0) is 18.5 Å². The maximum atomic E-state index is 12.1. The minimum atomic E-state index is 0.120. The van der Waals surface area contributed by atoms with E-state index >= 15 is 0 Å². The maximum absolute atomic E-state index is 12.1. The van der Waals surface area contributed by atoms with Crippen LogP contribution in [0, 0.1) is 0 Å². The molecular weight excluding hydrogens is 234 g/mol. The Morgan fingerprint density at radius 2 is 2.53 bits per heavy atom. The van der Waals surface area contributed by atoms with Crippen LogP contribution in [0.4, 0.5) is 0 Å². The number of nitrogens with zero attached hydrogens (tertiary/aromatic N) is 2. The van der Waals surface area contributed by atoms with Gasteiger partial charge in [0.05, 0.1) is 4.88 Å². The topological polar surface area (TPSA) is 35.6 Å². The predicted octanol–water partition coefficient (Wildman–Crippen LogP) is 0.724. The lowest BCUT2D eigenvalue weighted by Crippen LogP contribution is -2.53. The van der Waals surface area contributed by atoms with E-state index in [1.165, 1.54) is 11.3 Å². The molecule has 1 atom stereocenters. The Hall–Kier alpha value is -0.910. The molecule has 1 N–H and O–H groups in total. The summed E-state index contributed by atoms with van der Waals surface area (Å²) in [5, 5.41) is 5.39. The van der Waals surface area contributed by atoms with Crippen LogP contribution in [-0.2, 0) is 0 Å². The molecule has 2 heterocycles. The molecule has 0 radical (unpaired) electrons. The number of piperazine rings is 1. The summed E-state index contributed by atoms with van der Waals surface area (Å²) in [7, 11) is 3.99. The number of nitrogens with one attached hydrogen (secondary N) is 1. The Morgan fingerprint density at radius 1 is 1.71 bits per heavy atom. The third-order valence-electron chi connectivity index (χ3n) is 3.03. The third kappa shape index (κ3) is 3.28. The average Bonchev–Trinajstić information content (AvgIpc) is 2.81. The van der Waals surface area contributed by atoms with Crippen molar-refractivity contribution in [2.24, 2.45) is 0 Å². The first-order valence-electron chi connectivity index (χ1n) is 5.87. The fraction of sp³-hybridized carbons (Fsp3) is 0.583. The zero-order chi connectivity index (χ0) is 12.3. The van der Waals surface area contributed by atoms with E-state index in [9.17, 15) is 4.79 Å². The summed E-state index contributed by atoms with van der Waals surface area (Å²) < 4.78 is 0. The summed E-state index contributed by atoms with van der Waals surface area (Å²) in [6.07, 6.45) is 0. The SMILES string of the molecule is CN1CCNC(CN(C)C(=O)c2cccs2)C1. The van der Waals surface area contributed by atoms with Gasteiger partial charge in [0.25, 0.3) is 5.91 Å². The minimum absolute atomic E-state index is 0.120. The quantitative estimate of drug-likeness (QED) is 0.862. The Labute approximate surface area is 106 Å². The number of thiophene rings is 1. The highest BCUT2D eigenvalue weighted by atomic mass is 32.1. The van der Waals surface area contributed by atoms with Crippen LogP contribution >= 0.6 is 11.3 Å². The van der Waals surface area contributed by atoms with E-state index in [2.05, 4.69) is 17.3 Å². The molecule has 1 unspecified atom stereocenters.